The van der Waals surface area contributed by atoms with Gasteiger partial charge in [-0.25, -0.2) is 4.79 Å². The zero-order chi connectivity index (χ0) is 18.3. The highest BCUT2D eigenvalue weighted by molar-refractivity contribution is 6.42. The Morgan fingerprint density at radius 2 is 2.12 bits per heavy atom. The molecule has 0 bridgehead atoms. The van der Waals surface area contributed by atoms with Crippen LogP contribution in [-0.2, 0) is 6.54 Å². The molecule has 2 aromatic rings. The second-order valence-electron chi connectivity index (χ2n) is 6.57. The average Bonchev–Trinajstić information content (AvgIpc) is 2.55. The van der Waals surface area contributed by atoms with Gasteiger partial charge < -0.3 is 14.6 Å². The van der Waals surface area contributed by atoms with Gasteiger partial charge in [0.1, 0.15) is 5.56 Å². The van der Waals surface area contributed by atoms with Crippen molar-refractivity contribution in [1.82, 2.24) is 4.57 Å². The van der Waals surface area contributed by atoms with Gasteiger partial charge in [0.05, 0.1) is 21.2 Å². The number of fused-ring (bicyclic) bond motifs is 1. The summed E-state index contributed by atoms with van der Waals surface area (Å²) in [6, 6.07) is 1.55. The topological polar surface area (TPSA) is 62.5 Å². The first-order valence-corrected chi connectivity index (χ1v) is 9.14. The molecule has 1 fully saturated rings. The third-order valence-electron chi connectivity index (χ3n) is 4.77. The first-order chi connectivity index (χ1) is 11.8. The Kier molecular flexibility index (Phi) is 4.98. The molecule has 0 spiro atoms. The number of aromatic nitrogens is 1. The van der Waals surface area contributed by atoms with Gasteiger partial charge in [0.15, 0.2) is 0 Å². The number of aromatic carboxylic acids is 1. The summed E-state index contributed by atoms with van der Waals surface area (Å²) in [6.07, 6.45) is 3.58. The highest BCUT2D eigenvalue weighted by Gasteiger charge is 2.25. The molecular formula is C18H20Cl2N2O3. The number of carboxylic acid groups (broad SMARTS) is 1. The van der Waals surface area contributed by atoms with Gasteiger partial charge in [-0.15, -0.1) is 0 Å². The van der Waals surface area contributed by atoms with E-state index in [1.165, 1.54) is 12.6 Å². The number of carboxylic acids is 1. The number of piperidine rings is 1. The number of carbonyl (C=O) groups is 1. The quantitative estimate of drug-likeness (QED) is 0.860. The minimum absolute atomic E-state index is 0.241. The normalized spacial score (nSPS) is 17.9. The fourth-order valence-corrected chi connectivity index (χ4v) is 4.36. The number of halogens is 2. The highest BCUT2D eigenvalue weighted by atomic mass is 35.5. The summed E-state index contributed by atoms with van der Waals surface area (Å²) in [5.74, 6) is -0.713. The Bertz CT molecular complexity index is 908. The number of pyridine rings is 1. The zero-order valence-electron chi connectivity index (χ0n) is 14.2. The van der Waals surface area contributed by atoms with Crippen molar-refractivity contribution in [2.45, 2.75) is 33.2 Å². The Labute approximate surface area is 155 Å². The van der Waals surface area contributed by atoms with Gasteiger partial charge in [-0.2, -0.15) is 0 Å². The molecule has 1 N–H and O–H groups in total. The molecule has 0 amide bonds. The van der Waals surface area contributed by atoms with Crippen molar-refractivity contribution in [3.05, 3.63) is 38.1 Å². The van der Waals surface area contributed by atoms with E-state index in [0.717, 1.165) is 25.2 Å². The van der Waals surface area contributed by atoms with E-state index in [0.29, 0.717) is 28.0 Å². The van der Waals surface area contributed by atoms with Crippen LogP contribution in [0.2, 0.25) is 10.0 Å². The van der Waals surface area contributed by atoms with E-state index in [9.17, 15) is 14.7 Å². The lowest BCUT2D eigenvalue weighted by Gasteiger charge is -2.34. The Hall–Kier alpha value is -1.72. The molecule has 0 radical (unpaired) electrons. The summed E-state index contributed by atoms with van der Waals surface area (Å²) in [5, 5.41) is 10.3. The smallest absolute Gasteiger partial charge is 0.341 e. The van der Waals surface area contributed by atoms with Gasteiger partial charge in [0.2, 0.25) is 5.43 Å². The molecule has 7 heteroatoms. The van der Waals surface area contributed by atoms with Crippen LogP contribution in [0.25, 0.3) is 10.9 Å². The monoisotopic (exact) mass is 382 g/mol. The molecule has 1 saturated heterocycles. The SMILES string of the molecule is CCn1cc(C(=O)O)c(=O)c2cc(Cl)c(N3CCCC(C)C3)c(Cl)c21. The van der Waals surface area contributed by atoms with Crippen LogP contribution in [-0.4, -0.2) is 28.7 Å². The summed E-state index contributed by atoms with van der Waals surface area (Å²) >= 11 is 13.1. The van der Waals surface area contributed by atoms with E-state index in [-0.39, 0.29) is 10.9 Å². The molecule has 1 aliphatic heterocycles. The van der Waals surface area contributed by atoms with Crippen molar-refractivity contribution in [2.24, 2.45) is 5.92 Å². The molecule has 2 heterocycles. The molecule has 1 unspecified atom stereocenters. The van der Waals surface area contributed by atoms with Gasteiger partial charge in [0.25, 0.3) is 0 Å². The minimum atomic E-state index is -1.25. The van der Waals surface area contributed by atoms with Crippen molar-refractivity contribution < 1.29 is 9.90 Å². The van der Waals surface area contributed by atoms with Gasteiger partial charge in [-0.1, -0.05) is 30.1 Å². The predicted molar refractivity (Wildman–Crippen MR) is 101 cm³/mol. The standard InChI is InChI=1S/C18H20Cl2N2O3/c1-3-21-9-12(18(24)25)17(23)11-7-13(19)16(14(20)15(11)21)22-6-4-5-10(2)8-22/h7,9-10H,3-6,8H2,1-2H3,(H,24,25). The average molecular weight is 383 g/mol. The second kappa shape index (κ2) is 6.89. The molecule has 5 nitrogen and oxygen atoms in total. The second-order valence-corrected chi connectivity index (χ2v) is 7.36. The molecule has 1 aliphatic rings. The maximum absolute atomic E-state index is 12.6. The van der Waals surface area contributed by atoms with E-state index >= 15 is 0 Å². The number of nitrogens with zero attached hydrogens (tertiary/aromatic N) is 2. The van der Waals surface area contributed by atoms with Gasteiger partial charge in [-0.3, -0.25) is 4.79 Å². The van der Waals surface area contributed by atoms with E-state index < -0.39 is 11.4 Å². The minimum Gasteiger partial charge on any atom is -0.477 e. The van der Waals surface area contributed by atoms with Gasteiger partial charge in [0, 0.05) is 31.2 Å². The van der Waals surface area contributed by atoms with E-state index in [2.05, 4.69) is 11.8 Å². The molecule has 0 aliphatic carbocycles. The first kappa shape index (κ1) is 18.1. The Morgan fingerprint density at radius 3 is 2.72 bits per heavy atom. The number of aryl methyl sites for hydroxylation is 1. The van der Waals surface area contributed by atoms with Gasteiger partial charge >= 0.3 is 5.97 Å². The predicted octanol–water partition coefficient (Wildman–Crippen LogP) is 4.26. The summed E-state index contributed by atoms with van der Waals surface area (Å²) < 4.78 is 1.70. The van der Waals surface area contributed by atoms with Crippen LogP contribution in [0.4, 0.5) is 5.69 Å². The molecule has 1 aromatic carbocycles. The van der Waals surface area contributed by atoms with E-state index in [1.807, 2.05) is 6.92 Å². The fraction of sp³-hybridized carbons (Fsp3) is 0.444. The first-order valence-electron chi connectivity index (χ1n) is 8.38. The lowest BCUT2D eigenvalue weighted by molar-refractivity contribution is 0.0695. The number of hydrogen-bond acceptors (Lipinski definition) is 3. The van der Waals surface area contributed by atoms with Crippen molar-refractivity contribution in [3.63, 3.8) is 0 Å². The number of hydrogen-bond donors (Lipinski definition) is 1. The van der Waals surface area contributed by atoms with Crippen LogP contribution in [0.5, 0.6) is 0 Å². The van der Waals surface area contributed by atoms with Crippen LogP contribution in [0.3, 0.4) is 0 Å². The number of anilines is 1. The van der Waals surface area contributed by atoms with Crippen LogP contribution < -0.4 is 10.3 Å². The van der Waals surface area contributed by atoms with Crippen molar-refractivity contribution >= 4 is 45.8 Å². The third-order valence-corrected chi connectivity index (χ3v) is 5.42. The van der Waals surface area contributed by atoms with Crippen molar-refractivity contribution in [2.75, 3.05) is 18.0 Å². The summed E-state index contributed by atoms with van der Waals surface area (Å²) in [4.78, 5) is 26.1. The lowest BCUT2D eigenvalue weighted by Crippen LogP contribution is -2.34. The summed E-state index contributed by atoms with van der Waals surface area (Å²) in [6.45, 7) is 6.28. The maximum Gasteiger partial charge on any atom is 0.341 e. The number of rotatable bonds is 3. The molecule has 1 aromatic heterocycles. The third kappa shape index (κ3) is 3.11. The number of benzene rings is 1. The van der Waals surface area contributed by atoms with Gasteiger partial charge in [-0.05, 0) is 31.7 Å². The summed E-state index contributed by atoms with van der Waals surface area (Å²) in [5.41, 5.74) is 0.430. The Balaban J connectivity index is 2.31. The highest BCUT2D eigenvalue weighted by Crippen LogP contribution is 2.40. The molecular weight excluding hydrogens is 363 g/mol. The largest absolute Gasteiger partial charge is 0.477 e. The molecule has 25 heavy (non-hydrogen) atoms. The molecule has 3 rings (SSSR count). The Morgan fingerprint density at radius 1 is 1.40 bits per heavy atom. The van der Waals surface area contributed by atoms with Crippen molar-refractivity contribution in [1.29, 1.82) is 0 Å². The lowest BCUT2D eigenvalue weighted by atomic mass is 9.99. The molecule has 1 atom stereocenters. The molecule has 134 valence electrons. The maximum atomic E-state index is 12.6. The summed E-state index contributed by atoms with van der Waals surface area (Å²) in [7, 11) is 0. The fourth-order valence-electron chi connectivity index (χ4n) is 3.56. The van der Waals surface area contributed by atoms with E-state index in [4.69, 9.17) is 23.2 Å². The van der Waals surface area contributed by atoms with Crippen LogP contribution in [0, 0.1) is 5.92 Å². The van der Waals surface area contributed by atoms with E-state index in [1.54, 1.807) is 10.6 Å². The van der Waals surface area contributed by atoms with Crippen LogP contribution >= 0.6 is 23.2 Å². The van der Waals surface area contributed by atoms with Crippen molar-refractivity contribution in [3.8, 4) is 0 Å². The van der Waals surface area contributed by atoms with Crippen LogP contribution in [0.15, 0.2) is 17.1 Å². The zero-order valence-corrected chi connectivity index (χ0v) is 15.7. The van der Waals surface area contributed by atoms with Crippen LogP contribution in [0.1, 0.15) is 37.0 Å². The molecule has 0 saturated carbocycles.